The molecule has 33 heavy (non-hydrogen) atoms. The van der Waals surface area contributed by atoms with Gasteiger partial charge >= 0.3 is 6.03 Å². The highest BCUT2D eigenvalue weighted by Gasteiger charge is 2.37. The fourth-order valence-corrected chi connectivity index (χ4v) is 4.14. The second kappa shape index (κ2) is 8.37. The Morgan fingerprint density at radius 2 is 1.48 bits per heavy atom. The van der Waals surface area contributed by atoms with Crippen molar-refractivity contribution >= 4 is 41.2 Å². The summed E-state index contributed by atoms with van der Waals surface area (Å²) in [7, 11) is 0. The number of amides is 4. The number of barbiturate groups is 1. The third-order valence-electron chi connectivity index (χ3n) is 6.03. The van der Waals surface area contributed by atoms with Gasteiger partial charge < -0.3 is 4.57 Å². The van der Waals surface area contributed by atoms with Gasteiger partial charge in [-0.25, -0.2) is 9.69 Å². The van der Waals surface area contributed by atoms with E-state index < -0.39 is 17.8 Å². The number of imide groups is 2. The fourth-order valence-electron chi connectivity index (χ4n) is 3.96. The SMILES string of the molecule is Cc1ccc(-n2c(C)cc(/C=C3/C(=O)NC(=O)N(c4ccc(C)c(Cl)c4)C3=O)c2C)cc1C. The molecule has 0 radical (unpaired) electrons. The number of carbonyl (C=O) groups is 3. The molecule has 2 heterocycles. The predicted molar refractivity (Wildman–Crippen MR) is 130 cm³/mol. The van der Waals surface area contributed by atoms with Gasteiger partial charge in [-0.1, -0.05) is 23.7 Å². The Hall–Kier alpha value is -3.64. The second-order valence-electron chi connectivity index (χ2n) is 8.32. The summed E-state index contributed by atoms with van der Waals surface area (Å²) in [5.74, 6) is -1.42. The molecule has 1 saturated heterocycles. The van der Waals surface area contributed by atoms with Gasteiger partial charge in [0.25, 0.3) is 11.8 Å². The van der Waals surface area contributed by atoms with Crippen LogP contribution in [0.25, 0.3) is 11.8 Å². The summed E-state index contributed by atoms with van der Waals surface area (Å²) in [5, 5.41) is 2.68. The van der Waals surface area contributed by atoms with Gasteiger partial charge in [0.15, 0.2) is 0 Å². The number of aromatic nitrogens is 1. The number of rotatable bonds is 3. The van der Waals surface area contributed by atoms with Gasteiger partial charge in [-0.2, -0.15) is 0 Å². The van der Waals surface area contributed by atoms with Gasteiger partial charge in [0.05, 0.1) is 5.69 Å². The van der Waals surface area contributed by atoms with Crippen LogP contribution < -0.4 is 10.2 Å². The summed E-state index contributed by atoms with van der Waals surface area (Å²) < 4.78 is 2.08. The Kier molecular flexibility index (Phi) is 5.72. The van der Waals surface area contributed by atoms with Crippen LogP contribution in [0.15, 0.2) is 48.0 Å². The number of benzene rings is 2. The van der Waals surface area contributed by atoms with E-state index in [0.29, 0.717) is 10.7 Å². The van der Waals surface area contributed by atoms with Crippen molar-refractivity contribution < 1.29 is 14.4 Å². The minimum Gasteiger partial charge on any atom is -0.318 e. The quantitative estimate of drug-likeness (QED) is 0.422. The van der Waals surface area contributed by atoms with Crippen LogP contribution in [0.5, 0.6) is 0 Å². The van der Waals surface area contributed by atoms with Gasteiger partial charge in [-0.15, -0.1) is 0 Å². The number of halogens is 1. The van der Waals surface area contributed by atoms with E-state index in [4.69, 9.17) is 11.6 Å². The minimum atomic E-state index is -0.803. The van der Waals surface area contributed by atoms with E-state index in [1.165, 1.54) is 23.3 Å². The zero-order chi connectivity index (χ0) is 24.0. The predicted octanol–water partition coefficient (Wildman–Crippen LogP) is 5.34. The number of hydrogen-bond donors (Lipinski definition) is 1. The zero-order valence-electron chi connectivity index (χ0n) is 19.1. The number of anilines is 1. The third-order valence-corrected chi connectivity index (χ3v) is 6.44. The summed E-state index contributed by atoms with van der Waals surface area (Å²) in [6, 6.07) is 12.2. The fraction of sp³-hybridized carbons (Fsp3) is 0.192. The molecular formula is C26H24ClN3O3. The maximum Gasteiger partial charge on any atom is 0.335 e. The lowest BCUT2D eigenvalue weighted by atomic mass is 10.1. The molecule has 1 N–H and O–H groups in total. The maximum absolute atomic E-state index is 13.2. The topological polar surface area (TPSA) is 71.4 Å². The molecule has 1 fully saturated rings. The van der Waals surface area contributed by atoms with Gasteiger partial charge in [0.1, 0.15) is 5.57 Å². The molecule has 1 aliphatic rings. The van der Waals surface area contributed by atoms with Crippen molar-refractivity contribution in [3.8, 4) is 5.69 Å². The highest BCUT2D eigenvalue weighted by molar-refractivity contribution is 6.39. The number of nitrogens with zero attached hydrogens (tertiary/aromatic N) is 2. The van der Waals surface area contributed by atoms with E-state index in [2.05, 4.69) is 35.9 Å². The number of urea groups is 1. The summed E-state index contributed by atoms with van der Waals surface area (Å²) >= 11 is 6.19. The van der Waals surface area contributed by atoms with Gasteiger partial charge in [0.2, 0.25) is 0 Å². The molecule has 7 heteroatoms. The molecule has 4 amide bonds. The molecule has 0 aliphatic carbocycles. The van der Waals surface area contributed by atoms with Crippen LogP contribution in [-0.4, -0.2) is 22.4 Å². The Labute approximate surface area is 197 Å². The van der Waals surface area contributed by atoms with Crippen LogP contribution in [0.3, 0.4) is 0 Å². The molecule has 1 aliphatic heterocycles. The average Bonchev–Trinajstić information content (AvgIpc) is 3.03. The molecule has 4 rings (SSSR count). The van der Waals surface area contributed by atoms with Crippen LogP contribution in [0.4, 0.5) is 10.5 Å². The average molecular weight is 462 g/mol. The first-order valence-corrected chi connectivity index (χ1v) is 10.9. The zero-order valence-corrected chi connectivity index (χ0v) is 19.9. The molecule has 0 atom stereocenters. The van der Waals surface area contributed by atoms with Crippen LogP contribution in [0.1, 0.15) is 33.6 Å². The van der Waals surface area contributed by atoms with Crippen molar-refractivity contribution in [2.45, 2.75) is 34.6 Å². The van der Waals surface area contributed by atoms with Crippen LogP contribution in [-0.2, 0) is 9.59 Å². The largest absolute Gasteiger partial charge is 0.335 e. The standard InChI is InChI=1S/C26H24ClN3O3/c1-14-6-8-20(10-16(14)3)29-17(4)11-19(18(29)5)12-22-24(31)28-26(33)30(25(22)32)21-9-7-15(2)23(27)13-21/h6-13H,1-5H3,(H,28,31,33)/b22-12-. The first kappa shape index (κ1) is 22.6. The number of carbonyl (C=O) groups excluding carboxylic acids is 3. The Balaban J connectivity index is 1.77. The van der Waals surface area contributed by atoms with Crippen molar-refractivity contribution in [1.82, 2.24) is 9.88 Å². The molecule has 1 aromatic heterocycles. The first-order valence-electron chi connectivity index (χ1n) is 10.5. The van der Waals surface area contributed by atoms with Crippen molar-refractivity contribution in [1.29, 1.82) is 0 Å². The summed E-state index contributed by atoms with van der Waals surface area (Å²) in [5.41, 5.74) is 6.94. The highest BCUT2D eigenvalue weighted by atomic mass is 35.5. The third kappa shape index (κ3) is 3.98. The Morgan fingerprint density at radius 3 is 2.15 bits per heavy atom. The molecule has 0 unspecified atom stereocenters. The van der Waals surface area contributed by atoms with Gasteiger partial charge in [-0.3, -0.25) is 14.9 Å². The number of nitrogens with one attached hydrogen (secondary N) is 1. The molecule has 168 valence electrons. The molecule has 0 bridgehead atoms. The molecular weight excluding hydrogens is 438 g/mol. The maximum atomic E-state index is 13.2. The molecule has 0 saturated carbocycles. The lowest BCUT2D eigenvalue weighted by Crippen LogP contribution is -2.54. The first-order chi connectivity index (χ1) is 15.6. The van der Waals surface area contributed by atoms with Crippen molar-refractivity contribution in [3.63, 3.8) is 0 Å². The van der Waals surface area contributed by atoms with E-state index >= 15 is 0 Å². The number of hydrogen-bond acceptors (Lipinski definition) is 3. The van der Waals surface area contributed by atoms with E-state index in [0.717, 1.165) is 33.1 Å². The Morgan fingerprint density at radius 1 is 0.818 bits per heavy atom. The molecule has 0 spiro atoms. The summed E-state index contributed by atoms with van der Waals surface area (Å²) in [6.07, 6.45) is 1.53. The summed E-state index contributed by atoms with van der Waals surface area (Å²) in [6.45, 7) is 9.85. The van der Waals surface area contributed by atoms with Crippen molar-refractivity contribution in [3.05, 3.63) is 86.7 Å². The highest BCUT2D eigenvalue weighted by Crippen LogP contribution is 2.28. The van der Waals surface area contributed by atoms with Crippen LogP contribution >= 0.6 is 11.6 Å². The smallest absolute Gasteiger partial charge is 0.318 e. The van der Waals surface area contributed by atoms with Crippen LogP contribution in [0.2, 0.25) is 5.02 Å². The second-order valence-corrected chi connectivity index (χ2v) is 8.73. The monoisotopic (exact) mass is 461 g/mol. The lowest BCUT2D eigenvalue weighted by Gasteiger charge is -2.26. The summed E-state index contributed by atoms with van der Waals surface area (Å²) in [4.78, 5) is 39.2. The van der Waals surface area contributed by atoms with Crippen molar-refractivity contribution in [2.75, 3.05) is 4.90 Å². The van der Waals surface area contributed by atoms with Gasteiger partial charge in [-0.05, 0) is 93.3 Å². The minimum absolute atomic E-state index is 0.119. The van der Waals surface area contributed by atoms with Gasteiger partial charge in [0, 0.05) is 22.1 Å². The Bertz CT molecular complexity index is 1370. The number of aryl methyl sites for hydroxylation is 4. The molecule has 3 aromatic rings. The van der Waals surface area contributed by atoms with E-state index in [-0.39, 0.29) is 5.57 Å². The molecule has 2 aromatic carbocycles. The van der Waals surface area contributed by atoms with Crippen LogP contribution in [0, 0.1) is 34.6 Å². The normalized spacial score (nSPS) is 15.4. The lowest BCUT2D eigenvalue weighted by molar-refractivity contribution is -0.122. The van der Waals surface area contributed by atoms with E-state index in [1.54, 1.807) is 12.1 Å². The molecule has 6 nitrogen and oxygen atoms in total. The van der Waals surface area contributed by atoms with E-state index in [1.807, 2.05) is 32.9 Å². The van der Waals surface area contributed by atoms with E-state index in [9.17, 15) is 14.4 Å². The van der Waals surface area contributed by atoms with Crippen molar-refractivity contribution in [2.24, 2.45) is 0 Å².